The Morgan fingerprint density at radius 1 is 0.863 bits per heavy atom. The van der Waals surface area contributed by atoms with Crippen molar-refractivity contribution in [2.75, 3.05) is 26.8 Å². The van der Waals surface area contributed by atoms with Crippen molar-refractivity contribution in [2.24, 2.45) is 33.5 Å². The number of ether oxygens (including phenoxy) is 2. The fourth-order valence-electron chi connectivity index (χ4n) is 11.7. The second-order valence-corrected chi connectivity index (χ2v) is 16.7. The van der Waals surface area contributed by atoms with Gasteiger partial charge in [0.05, 0.1) is 18.2 Å². The highest BCUT2D eigenvalue weighted by Gasteiger charge is 2.74. The zero-order valence-electron chi connectivity index (χ0n) is 30.1. The van der Waals surface area contributed by atoms with Gasteiger partial charge >= 0.3 is 6.09 Å². The Bertz CT molecular complexity index is 1910. The van der Waals surface area contributed by atoms with E-state index in [-0.39, 0.29) is 35.0 Å². The zero-order valence-corrected chi connectivity index (χ0v) is 30.1. The van der Waals surface area contributed by atoms with Crippen molar-refractivity contribution in [1.82, 2.24) is 4.90 Å². The molecule has 2 bridgehead atoms. The van der Waals surface area contributed by atoms with Gasteiger partial charge in [0, 0.05) is 47.6 Å². The lowest BCUT2D eigenvalue weighted by Gasteiger charge is -2.71. The van der Waals surface area contributed by atoms with Gasteiger partial charge in [-0.15, -0.1) is 0 Å². The van der Waals surface area contributed by atoms with Gasteiger partial charge in [0.15, 0.2) is 5.78 Å². The molecule has 3 fully saturated rings. The maximum absolute atomic E-state index is 14.7. The Balaban J connectivity index is 1.15. The molecule has 6 aliphatic rings. The van der Waals surface area contributed by atoms with Crippen LogP contribution >= 0.6 is 0 Å². The van der Waals surface area contributed by atoms with Crippen LogP contribution in [0, 0.1) is 33.5 Å². The van der Waals surface area contributed by atoms with Gasteiger partial charge in [-0.1, -0.05) is 92.7 Å². The molecule has 0 radical (unpaired) electrons. The lowest BCUT2D eigenvalue weighted by Crippen LogP contribution is -2.67. The van der Waals surface area contributed by atoms with Crippen molar-refractivity contribution in [1.29, 1.82) is 0 Å². The highest BCUT2D eigenvalue weighted by atomic mass is 16.6. The van der Waals surface area contributed by atoms with Crippen LogP contribution in [-0.4, -0.2) is 65.5 Å². The number of carbonyl (C=O) groups excluding carboxylic acids is 2. The number of hydrogen-bond donors (Lipinski definition) is 2. The Hall–Kier alpha value is -3.78. The monoisotopic (exact) mass is 689 g/mol. The first-order chi connectivity index (χ1) is 24.5. The number of fused-ring (bicyclic) bond motifs is 2. The van der Waals surface area contributed by atoms with Gasteiger partial charge in [-0.25, -0.2) is 4.79 Å². The summed E-state index contributed by atoms with van der Waals surface area (Å²) in [5.41, 5.74) is -1.32. The number of aliphatic hydroxyl groups excluding tert-OH is 1. The molecule has 3 saturated carbocycles. The van der Waals surface area contributed by atoms with Gasteiger partial charge in [-0.2, -0.15) is 0 Å². The predicted octanol–water partition coefficient (Wildman–Crippen LogP) is 8.15. The summed E-state index contributed by atoms with van der Waals surface area (Å²) in [6.07, 6.45) is 11.8. The zero-order chi connectivity index (χ0) is 35.6. The Labute approximate surface area is 301 Å². The minimum Gasteiger partial charge on any atom is -0.410 e. The summed E-state index contributed by atoms with van der Waals surface area (Å²) in [4.78, 5) is 30.4. The van der Waals surface area contributed by atoms with Gasteiger partial charge in [-0.05, 0) is 91.5 Å². The standard InChI is InChI=1S/C44H51NO6/c1-40-19-16-33(46)27-42(40)22-23-44(35(28-42)38(47)31-11-5-4-6-12-31)36(40)17-20-41(2)37(44)18-21-43(41,49)29-45(24-9-25-50-3)39(48)51-34-15-14-30-10-7-8-13-32(30)26-34/h4-8,10-15,22-23,26,28,33,36-37,46,49H,9,16-21,24-25,27,29H2,1-3H3. The SMILES string of the molecule is COCCCN(CC1(O)CCC2C34C=CC5(C=C3C(=O)c3ccccc3)CC(O)CCC5(C)C4CCC21C)C(=O)Oc1ccc2ccccc2c1. The van der Waals surface area contributed by atoms with Crippen LogP contribution in [0.15, 0.2) is 96.6 Å². The molecule has 0 aromatic heterocycles. The Morgan fingerprint density at radius 3 is 2.35 bits per heavy atom. The molecule has 3 aromatic rings. The van der Waals surface area contributed by atoms with Crippen LogP contribution in [0.2, 0.25) is 0 Å². The van der Waals surface area contributed by atoms with Crippen LogP contribution in [0.1, 0.15) is 75.6 Å². The Morgan fingerprint density at radius 2 is 1.57 bits per heavy atom. The smallest absolute Gasteiger partial charge is 0.410 e. The Kier molecular flexibility index (Phi) is 8.36. The molecule has 6 aliphatic carbocycles. The van der Waals surface area contributed by atoms with E-state index >= 15 is 0 Å². The number of carbonyl (C=O) groups is 2. The molecule has 7 heteroatoms. The number of ketones is 1. The van der Waals surface area contributed by atoms with E-state index in [9.17, 15) is 19.8 Å². The van der Waals surface area contributed by atoms with Gasteiger partial charge in [0.1, 0.15) is 5.75 Å². The van der Waals surface area contributed by atoms with E-state index in [1.165, 1.54) is 0 Å². The molecule has 0 aliphatic heterocycles. The van der Waals surface area contributed by atoms with E-state index in [0.29, 0.717) is 43.7 Å². The molecule has 2 N–H and O–H groups in total. The molecule has 0 heterocycles. The van der Waals surface area contributed by atoms with Crippen molar-refractivity contribution >= 4 is 22.6 Å². The summed E-state index contributed by atoms with van der Waals surface area (Å²) in [6, 6.07) is 23.2. The summed E-state index contributed by atoms with van der Waals surface area (Å²) in [6.45, 7) is 5.61. The molecule has 0 saturated heterocycles. The van der Waals surface area contributed by atoms with Crippen LogP contribution in [0.5, 0.6) is 5.75 Å². The molecule has 8 atom stereocenters. The van der Waals surface area contributed by atoms with E-state index in [1.807, 2.05) is 72.8 Å². The van der Waals surface area contributed by atoms with Gasteiger partial charge in [0.25, 0.3) is 0 Å². The number of benzene rings is 3. The van der Waals surface area contributed by atoms with Crippen molar-refractivity contribution < 1.29 is 29.3 Å². The first-order valence-electron chi connectivity index (χ1n) is 18.9. The number of methoxy groups -OCH3 is 1. The summed E-state index contributed by atoms with van der Waals surface area (Å²) >= 11 is 0. The fourth-order valence-corrected chi connectivity index (χ4v) is 11.7. The number of allylic oxidation sites excluding steroid dienone is 4. The third kappa shape index (κ3) is 5.09. The largest absolute Gasteiger partial charge is 0.415 e. The second kappa shape index (κ2) is 12.4. The first kappa shape index (κ1) is 34.3. The number of rotatable bonds is 9. The molecular weight excluding hydrogens is 638 g/mol. The van der Waals surface area contributed by atoms with Gasteiger partial charge < -0.3 is 24.6 Å². The topological polar surface area (TPSA) is 96.3 Å². The summed E-state index contributed by atoms with van der Waals surface area (Å²) in [5.74, 6) is 0.705. The second-order valence-electron chi connectivity index (χ2n) is 16.7. The molecule has 268 valence electrons. The molecule has 9 rings (SSSR count). The maximum atomic E-state index is 14.7. The summed E-state index contributed by atoms with van der Waals surface area (Å²) < 4.78 is 11.4. The fraction of sp³-hybridized carbons (Fsp3) is 0.500. The molecule has 8 unspecified atom stereocenters. The van der Waals surface area contributed by atoms with Crippen LogP contribution in [-0.2, 0) is 4.74 Å². The minimum absolute atomic E-state index is 0.0109. The quantitative estimate of drug-likeness (QED) is 0.134. The summed E-state index contributed by atoms with van der Waals surface area (Å²) in [7, 11) is 1.65. The van der Waals surface area contributed by atoms with Gasteiger partial charge in [-0.3, -0.25) is 4.79 Å². The lowest BCUT2D eigenvalue weighted by molar-refractivity contribution is -0.175. The highest BCUT2D eigenvalue weighted by molar-refractivity contribution is 6.10. The third-order valence-electron chi connectivity index (χ3n) is 14.4. The molecule has 51 heavy (non-hydrogen) atoms. The van der Waals surface area contributed by atoms with E-state index in [1.54, 1.807) is 12.0 Å². The predicted molar refractivity (Wildman–Crippen MR) is 197 cm³/mol. The number of aliphatic hydroxyl groups is 2. The van der Waals surface area contributed by atoms with Gasteiger partial charge in [0.2, 0.25) is 0 Å². The molecule has 2 spiro atoms. The van der Waals surface area contributed by atoms with E-state index in [2.05, 4.69) is 32.1 Å². The van der Waals surface area contributed by atoms with E-state index < -0.39 is 28.6 Å². The number of hydrogen-bond acceptors (Lipinski definition) is 6. The van der Waals surface area contributed by atoms with Crippen molar-refractivity contribution in [3.63, 3.8) is 0 Å². The lowest BCUT2D eigenvalue weighted by atomic mass is 9.32. The van der Waals surface area contributed by atoms with Crippen molar-refractivity contribution in [3.8, 4) is 5.75 Å². The molecular formula is C44H51NO6. The first-order valence-corrected chi connectivity index (χ1v) is 18.9. The molecule has 1 amide bonds. The molecule has 7 nitrogen and oxygen atoms in total. The van der Waals surface area contributed by atoms with Crippen LogP contribution in [0.4, 0.5) is 4.79 Å². The molecule has 3 aromatic carbocycles. The number of amides is 1. The van der Waals surface area contributed by atoms with Crippen LogP contribution in [0.25, 0.3) is 10.8 Å². The van der Waals surface area contributed by atoms with Crippen LogP contribution in [0.3, 0.4) is 0 Å². The van der Waals surface area contributed by atoms with Crippen LogP contribution < -0.4 is 4.74 Å². The average molecular weight is 690 g/mol. The van der Waals surface area contributed by atoms with E-state index in [0.717, 1.165) is 48.4 Å². The normalized spacial score (nSPS) is 36.2. The number of Topliss-reactive ketones (excluding diaryl/α,β-unsaturated/α-hetero) is 1. The van der Waals surface area contributed by atoms with Crippen molar-refractivity contribution in [3.05, 3.63) is 102 Å². The van der Waals surface area contributed by atoms with Crippen molar-refractivity contribution in [2.45, 2.75) is 76.9 Å². The number of nitrogens with zero attached hydrogens (tertiary/aromatic N) is 1. The summed E-state index contributed by atoms with van der Waals surface area (Å²) in [5, 5.41) is 26.0. The average Bonchev–Trinajstić information content (AvgIpc) is 3.41. The van der Waals surface area contributed by atoms with E-state index in [4.69, 9.17) is 9.47 Å². The third-order valence-corrected chi connectivity index (χ3v) is 14.4. The maximum Gasteiger partial charge on any atom is 0.415 e. The highest BCUT2D eigenvalue weighted by Crippen LogP contribution is 2.78. The minimum atomic E-state index is -1.20.